The summed E-state index contributed by atoms with van der Waals surface area (Å²) >= 11 is 8.66. The molecule has 0 aliphatic rings. The summed E-state index contributed by atoms with van der Waals surface area (Å²) in [6.07, 6.45) is -3.62. The van der Waals surface area contributed by atoms with E-state index in [4.69, 9.17) is 11.2 Å². The molecule has 5 heteroatoms. The Balaban J connectivity index is 2.36. The van der Waals surface area contributed by atoms with Gasteiger partial charge in [-0.2, -0.15) is 0 Å². The fraction of sp³-hybridized carbons (Fsp3) is 0.242. The minimum absolute atomic E-state index is 0.847. The number of hydrogen-bond acceptors (Lipinski definition) is 2. The zero-order valence-electron chi connectivity index (χ0n) is 23.1. The topological polar surface area (TPSA) is 6.48 Å². The summed E-state index contributed by atoms with van der Waals surface area (Å²) in [6, 6.07) is 43.9. The Morgan fingerprint density at radius 3 is 1.21 bits per heavy atom. The molecule has 38 heavy (non-hydrogen) atoms. The Labute approximate surface area is 235 Å². The van der Waals surface area contributed by atoms with Crippen LogP contribution < -0.4 is 21.2 Å². The molecule has 0 amide bonds. The van der Waals surface area contributed by atoms with Crippen molar-refractivity contribution in [2.24, 2.45) is 0 Å². The van der Waals surface area contributed by atoms with E-state index < -0.39 is 13.1 Å². The summed E-state index contributed by atoms with van der Waals surface area (Å²) in [5, 5.41) is 5.06. The maximum atomic E-state index is 8.66. The average Bonchev–Trinajstić information content (AvgIpc) is 2.99. The van der Waals surface area contributed by atoms with Crippen LogP contribution in [0.25, 0.3) is 0 Å². The van der Waals surface area contributed by atoms with Crippen LogP contribution in [0.3, 0.4) is 0 Å². The molecule has 0 unspecified atom stereocenters. The van der Waals surface area contributed by atoms with E-state index >= 15 is 0 Å². The Morgan fingerprint density at radius 2 is 0.895 bits per heavy atom. The van der Waals surface area contributed by atoms with Crippen LogP contribution in [0.2, 0.25) is 0 Å². The van der Waals surface area contributed by atoms with Gasteiger partial charge in [0, 0.05) is 0 Å². The van der Waals surface area contributed by atoms with Crippen LogP contribution in [-0.2, 0) is 0 Å². The number of nitrogens with zero attached hydrogens (tertiary/aromatic N) is 2. The van der Waals surface area contributed by atoms with Crippen molar-refractivity contribution in [2.75, 3.05) is 26.2 Å². The standard InChI is InChI=1S/C33H41ClN2P2/c1-5-35(6-2)37(30-21-13-9-14-22-30,31-23-15-10-16-24-31)29-38(34,36(7-3)8-4,32-25-17-11-18-26-32)33-27-19-12-20-28-33/h9-29H,5-8H2,1-4H3. The molecule has 0 bridgehead atoms. The fourth-order valence-corrected chi connectivity index (χ4v) is 20.7. The molecule has 0 saturated carbocycles. The van der Waals surface area contributed by atoms with Crippen LogP contribution in [0.5, 0.6) is 0 Å². The monoisotopic (exact) mass is 562 g/mol. The number of hydrogen-bond donors (Lipinski definition) is 0. The molecule has 0 radical (unpaired) electrons. The van der Waals surface area contributed by atoms with Crippen LogP contribution >= 0.6 is 24.4 Å². The van der Waals surface area contributed by atoms with Crippen LogP contribution in [0.1, 0.15) is 27.7 Å². The van der Waals surface area contributed by atoms with Crippen molar-refractivity contribution in [3.05, 3.63) is 121 Å². The van der Waals surface area contributed by atoms with E-state index in [0.29, 0.717) is 0 Å². The van der Waals surface area contributed by atoms with Crippen LogP contribution in [0, 0.1) is 0 Å². The van der Waals surface area contributed by atoms with Gasteiger partial charge in [0.2, 0.25) is 0 Å². The van der Waals surface area contributed by atoms with Gasteiger partial charge in [-0.25, -0.2) is 0 Å². The zero-order valence-corrected chi connectivity index (χ0v) is 25.7. The van der Waals surface area contributed by atoms with Gasteiger partial charge in [-0.1, -0.05) is 0 Å². The first-order valence-electron chi connectivity index (χ1n) is 13.7. The van der Waals surface area contributed by atoms with Crippen molar-refractivity contribution in [2.45, 2.75) is 27.7 Å². The van der Waals surface area contributed by atoms with Crippen LogP contribution in [0.15, 0.2) is 121 Å². The molecule has 0 fully saturated rings. The minimum atomic E-state index is -3.62. The Morgan fingerprint density at radius 1 is 0.553 bits per heavy atom. The van der Waals surface area contributed by atoms with Crippen molar-refractivity contribution in [3.63, 3.8) is 0 Å². The molecule has 0 saturated heterocycles. The quantitative estimate of drug-likeness (QED) is 0.177. The van der Waals surface area contributed by atoms with Crippen LogP contribution in [0.4, 0.5) is 0 Å². The van der Waals surface area contributed by atoms with Gasteiger partial charge in [0.25, 0.3) is 0 Å². The summed E-state index contributed by atoms with van der Waals surface area (Å²) in [7, 11) is -2.32. The Hall–Kier alpha value is -2.18. The third-order valence-electron chi connectivity index (χ3n) is 7.63. The average molecular weight is 563 g/mol. The summed E-state index contributed by atoms with van der Waals surface area (Å²) in [5.74, 6) is 0. The third kappa shape index (κ3) is 4.83. The Kier molecular flexibility index (Phi) is 9.36. The first-order chi connectivity index (χ1) is 18.5. The van der Waals surface area contributed by atoms with E-state index in [0.717, 1.165) is 26.2 Å². The molecule has 0 heterocycles. The van der Waals surface area contributed by atoms with Gasteiger partial charge in [-0.15, -0.1) is 0 Å². The molecule has 4 rings (SSSR count). The molecular weight excluding hydrogens is 522 g/mol. The molecule has 0 atom stereocenters. The number of halogens is 1. The van der Waals surface area contributed by atoms with Gasteiger partial charge >= 0.3 is 236 Å². The maximum absolute atomic E-state index is 8.66. The predicted molar refractivity (Wildman–Crippen MR) is 176 cm³/mol. The summed E-state index contributed by atoms with van der Waals surface area (Å²) in [4.78, 5) is 0. The second-order valence-electron chi connectivity index (χ2n) is 9.45. The van der Waals surface area contributed by atoms with Gasteiger partial charge in [-0.3, -0.25) is 0 Å². The summed E-state index contributed by atoms with van der Waals surface area (Å²) < 4.78 is 5.23. The second kappa shape index (κ2) is 12.3. The first-order valence-corrected chi connectivity index (χ1v) is 18.7. The summed E-state index contributed by atoms with van der Waals surface area (Å²) in [5.41, 5.74) is 2.68. The molecule has 0 spiro atoms. The molecule has 0 aliphatic carbocycles. The van der Waals surface area contributed by atoms with E-state index in [-0.39, 0.29) is 0 Å². The first kappa shape index (κ1) is 28.8. The van der Waals surface area contributed by atoms with E-state index in [1.165, 1.54) is 21.2 Å². The Bertz CT molecular complexity index is 1250. The summed E-state index contributed by atoms with van der Waals surface area (Å²) in [6.45, 7) is 12.6. The SMILES string of the molecule is CCN(CC)P(=CP(Cl)(c1ccccc1)(c1ccccc1)N(CC)CC)(c1ccccc1)c1ccccc1. The van der Waals surface area contributed by atoms with Gasteiger partial charge in [0.05, 0.1) is 0 Å². The van der Waals surface area contributed by atoms with Crippen LogP contribution in [-0.4, -0.2) is 41.1 Å². The third-order valence-corrected chi connectivity index (χ3v) is 21.1. The molecule has 4 aromatic rings. The van der Waals surface area contributed by atoms with Crippen molar-refractivity contribution in [3.8, 4) is 0 Å². The zero-order chi connectivity index (χ0) is 27.1. The molecule has 0 aliphatic heterocycles. The van der Waals surface area contributed by atoms with Crippen molar-refractivity contribution < 1.29 is 0 Å². The fourth-order valence-electron chi connectivity index (χ4n) is 5.85. The number of rotatable bonds is 11. The molecule has 2 nitrogen and oxygen atoms in total. The van der Waals surface area contributed by atoms with Crippen molar-refractivity contribution in [1.82, 2.24) is 9.34 Å². The molecule has 200 valence electrons. The molecule has 0 aromatic heterocycles. The van der Waals surface area contributed by atoms with Gasteiger partial charge in [0.1, 0.15) is 0 Å². The van der Waals surface area contributed by atoms with E-state index in [1.807, 2.05) is 0 Å². The predicted octanol–water partition coefficient (Wildman–Crippen LogP) is 7.29. The van der Waals surface area contributed by atoms with Crippen molar-refractivity contribution in [1.29, 1.82) is 0 Å². The normalized spacial score (nSPS) is 13.3. The van der Waals surface area contributed by atoms with Crippen molar-refractivity contribution >= 4 is 51.1 Å². The van der Waals surface area contributed by atoms with Gasteiger partial charge in [0.15, 0.2) is 0 Å². The molecule has 0 N–H and O–H groups in total. The number of benzene rings is 4. The second-order valence-corrected chi connectivity index (χ2v) is 19.0. The van der Waals surface area contributed by atoms with Gasteiger partial charge < -0.3 is 0 Å². The molecule has 4 aromatic carbocycles. The molecular formula is C33H41ClN2P2. The van der Waals surface area contributed by atoms with Gasteiger partial charge in [-0.05, 0) is 0 Å². The van der Waals surface area contributed by atoms with E-state index in [1.54, 1.807) is 0 Å². The van der Waals surface area contributed by atoms with E-state index in [9.17, 15) is 0 Å². The van der Waals surface area contributed by atoms with E-state index in [2.05, 4.69) is 164 Å².